The van der Waals surface area contributed by atoms with E-state index in [1.807, 2.05) is 6.07 Å². The molecule has 0 saturated heterocycles. The van der Waals surface area contributed by atoms with Crippen molar-refractivity contribution in [2.24, 2.45) is 0 Å². The van der Waals surface area contributed by atoms with E-state index in [4.69, 9.17) is 10.00 Å². The zero-order valence-corrected chi connectivity index (χ0v) is 15.3. The summed E-state index contributed by atoms with van der Waals surface area (Å²) in [5.74, 6) is -2.46. The van der Waals surface area contributed by atoms with Crippen molar-refractivity contribution in [3.05, 3.63) is 72.0 Å². The second-order valence-electron chi connectivity index (χ2n) is 6.20. The molecule has 1 amide bonds. The molecule has 6 nitrogen and oxygen atoms in total. The molecule has 0 aromatic heterocycles. The van der Waals surface area contributed by atoms with Gasteiger partial charge in [-0.05, 0) is 35.0 Å². The Morgan fingerprint density at radius 2 is 1.72 bits per heavy atom. The average Bonchev–Trinajstić information content (AvgIpc) is 2.73. The third-order valence-corrected chi connectivity index (χ3v) is 4.30. The summed E-state index contributed by atoms with van der Waals surface area (Å²) >= 11 is 0. The van der Waals surface area contributed by atoms with Gasteiger partial charge in [0.1, 0.15) is 17.1 Å². The maximum Gasteiger partial charge on any atom is 0.342 e. The van der Waals surface area contributed by atoms with E-state index in [9.17, 15) is 19.1 Å². The third-order valence-electron chi connectivity index (χ3n) is 4.30. The van der Waals surface area contributed by atoms with Gasteiger partial charge in [0.05, 0.1) is 18.2 Å². The van der Waals surface area contributed by atoms with Gasteiger partial charge in [-0.3, -0.25) is 4.79 Å². The van der Waals surface area contributed by atoms with Crippen molar-refractivity contribution in [1.82, 2.24) is 0 Å². The smallest absolute Gasteiger partial charge is 0.342 e. The number of hydrogen-bond donors (Lipinski definition) is 1. The normalized spacial score (nSPS) is 10.3. The van der Waals surface area contributed by atoms with Crippen molar-refractivity contribution in [3.63, 3.8) is 0 Å². The summed E-state index contributed by atoms with van der Waals surface area (Å²) in [5.41, 5.74) is -0.0803. The first-order valence-electron chi connectivity index (χ1n) is 8.82. The molecule has 3 aromatic carbocycles. The molecule has 3 aromatic rings. The van der Waals surface area contributed by atoms with Crippen molar-refractivity contribution in [3.8, 4) is 11.8 Å². The van der Waals surface area contributed by atoms with Crippen LogP contribution < -0.4 is 4.90 Å². The Hall–Kier alpha value is -3.92. The van der Waals surface area contributed by atoms with Crippen LogP contribution in [0.2, 0.25) is 0 Å². The van der Waals surface area contributed by atoms with Crippen LogP contribution in [-0.4, -0.2) is 30.1 Å². The van der Waals surface area contributed by atoms with Crippen molar-refractivity contribution >= 4 is 28.3 Å². The summed E-state index contributed by atoms with van der Waals surface area (Å²) < 4.78 is 19.1. The van der Waals surface area contributed by atoms with Gasteiger partial charge in [0.15, 0.2) is 6.61 Å². The van der Waals surface area contributed by atoms with Crippen LogP contribution in [0.5, 0.6) is 5.75 Å². The lowest BCUT2D eigenvalue weighted by molar-refractivity contribution is -0.121. The van der Waals surface area contributed by atoms with E-state index < -0.39 is 24.3 Å². The molecule has 0 fully saturated rings. The second kappa shape index (κ2) is 8.85. The van der Waals surface area contributed by atoms with Crippen LogP contribution >= 0.6 is 0 Å². The molecule has 1 N–H and O–H groups in total. The Morgan fingerprint density at radius 1 is 1.07 bits per heavy atom. The number of rotatable bonds is 6. The number of fused-ring (bicyclic) bond motifs is 1. The molecule has 0 radical (unpaired) electrons. The number of carbonyl (C=O) groups is 2. The Balaban J connectivity index is 1.76. The summed E-state index contributed by atoms with van der Waals surface area (Å²) in [6, 6.07) is 17.6. The summed E-state index contributed by atoms with van der Waals surface area (Å²) in [4.78, 5) is 26.0. The number of amides is 1. The number of benzene rings is 3. The van der Waals surface area contributed by atoms with E-state index in [1.54, 1.807) is 30.3 Å². The van der Waals surface area contributed by atoms with E-state index in [1.165, 1.54) is 30.3 Å². The molecular formula is C22H17FN2O4. The fourth-order valence-corrected chi connectivity index (χ4v) is 2.89. The molecule has 7 heteroatoms. The molecule has 0 unspecified atom stereocenters. The molecule has 0 aliphatic rings. The minimum absolute atomic E-state index is 0.00245. The minimum Gasteiger partial charge on any atom is -0.507 e. The number of phenols is 1. The number of para-hydroxylation sites is 1. The van der Waals surface area contributed by atoms with Gasteiger partial charge < -0.3 is 14.7 Å². The number of nitriles is 1. The molecule has 3 rings (SSSR count). The highest BCUT2D eigenvalue weighted by atomic mass is 19.1. The van der Waals surface area contributed by atoms with Gasteiger partial charge in [-0.1, -0.05) is 36.4 Å². The van der Waals surface area contributed by atoms with Gasteiger partial charge in [0, 0.05) is 6.54 Å². The predicted octanol–water partition coefficient (Wildman–Crippen LogP) is 3.79. The van der Waals surface area contributed by atoms with Gasteiger partial charge >= 0.3 is 5.97 Å². The fraction of sp³-hybridized carbons (Fsp3) is 0.136. The van der Waals surface area contributed by atoms with Gasteiger partial charge in [-0.15, -0.1) is 0 Å². The maximum absolute atomic E-state index is 14.1. The number of ether oxygens (including phenoxy) is 1. The van der Waals surface area contributed by atoms with Crippen LogP contribution in [0, 0.1) is 17.1 Å². The monoisotopic (exact) mass is 392 g/mol. The van der Waals surface area contributed by atoms with Gasteiger partial charge in [-0.25, -0.2) is 9.18 Å². The van der Waals surface area contributed by atoms with E-state index in [0.717, 1.165) is 15.7 Å². The summed E-state index contributed by atoms with van der Waals surface area (Å²) in [5, 5.41) is 20.4. The summed E-state index contributed by atoms with van der Waals surface area (Å²) in [6.07, 6.45) is -0.0144. The highest BCUT2D eigenvalue weighted by Crippen LogP contribution is 2.26. The Labute approximate surface area is 166 Å². The van der Waals surface area contributed by atoms with Crippen LogP contribution in [0.25, 0.3) is 10.8 Å². The Bertz CT molecular complexity index is 1110. The lowest BCUT2D eigenvalue weighted by Crippen LogP contribution is -2.36. The van der Waals surface area contributed by atoms with E-state index >= 15 is 0 Å². The number of nitrogens with zero attached hydrogens (tertiary/aromatic N) is 2. The SMILES string of the molecule is N#CCCN(C(=O)COC(=O)c1cc2ccccc2cc1O)c1ccccc1F. The van der Waals surface area contributed by atoms with Crippen molar-refractivity contribution in [2.75, 3.05) is 18.1 Å². The highest BCUT2D eigenvalue weighted by molar-refractivity contribution is 6.00. The zero-order valence-electron chi connectivity index (χ0n) is 15.3. The molecule has 0 saturated carbocycles. The molecular weight excluding hydrogens is 375 g/mol. The Kier molecular flexibility index (Phi) is 6.05. The number of anilines is 1. The molecule has 0 aliphatic heterocycles. The van der Waals surface area contributed by atoms with Crippen molar-refractivity contribution < 1.29 is 23.8 Å². The third kappa shape index (κ3) is 4.50. The van der Waals surface area contributed by atoms with Crippen LogP contribution in [0.4, 0.5) is 10.1 Å². The van der Waals surface area contributed by atoms with Crippen LogP contribution in [0.1, 0.15) is 16.8 Å². The van der Waals surface area contributed by atoms with E-state index in [0.29, 0.717) is 0 Å². The van der Waals surface area contributed by atoms with Gasteiger partial charge in [0.2, 0.25) is 0 Å². The number of esters is 1. The largest absolute Gasteiger partial charge is 0.507 e. The average molecular weight is 392 g/mol. The molecule has 29 heavy (non-hydrogen) atoms. The number of aromatic hydroxyl groups is 1. The molecule has 0 heterocycles. The molecule has 146 valence electrons. The number of carbonyl (C=O) groups excluding carboxylic acids is 2. The van der Waals surface area contributed by atoms with Gasteiger partial charge in [0.25, 0.3) is 5.91 Å². The molecule has 0 bridgehead atoms. The summed E-state index contributed by atoms with van der Waals surface area (Å²) in [6.45, 7) is -0.708. The van der Waals surface area contributed by atoms with Crippen LogP contribution in [0.3, 0.4) is 0 Å². The van der Waals surface area contributed by atoms with Crippen molar-refractivity contribution in [2.45, 2.75) is 6.42 Å². The topological polar surface area (TPSA) is 90.6 Å². The summed E-state index contributed by atoms with van der Waals surface area (Å²) in [7, 11) is 0. The first-order valence-corrected chi connectivity index (χ1v) is 8.82. The Morgan fingerprint density at radius 3 is 2.41 bits per heavy atom. The van der Waals surface area contributed by atoms with Crippen LogP contribution in [0.15, 0.2) is 60.7 Å². The first kappa shape index (κ1) is 19.8. The fourth-order valence-electron chi connectivity index (χ4n) is 2.89. The standard InChI is InChI=1S/C22H17FN2O4/c23-18-8-3-4-9-19(18)25(11-5-10-24)21(27)14-29-22(28)17-12-15-6-1-2-7-16(15)13-20(17)26/h1-4,6-9,12-13,26H,5,11,14H2. The zero-order chi connectivity index (χ0) is 20.8. The lowest BCUT2D eigenvalue weighted by Gasteiger charge is -2.22. The number of halogens is 1. The maximum atomic E-state index is 14.1. The van der Waals surface area contributed by atoms with Crippen LogP contribution in [-0.2, 0) is 9.53 Å². The second-order valence-corrected chi connectivity index (χ2v) is 6.20. The van der Waals surface area contributed by atoms with Gasteiger partial charge in [-0.2, -0.15) is 5.26 Å². The van der Waals surface area contributed by atoms with E-state index in [2.05, 4.69) is 0 Å². The highest BCUT2D eigenvalue weighted by Gasteiger charge is 2.21. The van der Waals surface area contributed by atoms with E-state index in [-0.39, 0.29) is 30.0 Å². The predicted molar refractivity (Wildman–Crippen MR) is 105 cm³/mol. The number of phenolic OH excluding ortho intramolecular Hbond substituents is 1. The molecule has 0 atom stereocenters. The quantitative estimate of drug-likeness (QED) is 0.645. The molecule has 0 aliphatic carbocycles. The minimum atomic E-state index is -0.879. The lowest BCUT2D eigenvalue weighted by atomic mass is 10.1. The van der Waals surface area contributed by atoms with Crippen molar-refractivity contribution in [1.29, 1.82) is 5.26 Å². The first-order chi connectivity index (χ1) is 14.0. The number of hydrogen-bond acceptors (Lipinski definition) is 5. The molecule has 0 spiro atoms.